The lowest BCUT2D eigenvalue weighted by molar-refractivity contribution is 0.0719. The van der Waals surface area contributed by atoms with Gasteiger partial charge in [-0.2, -0.15) is 0 Å². The van der Waals surface area contributed by atoms with E-state index >= 15 is 0 Å². The van der Waals surface area contributed by atoms with Crippen molar-refractivity contribution in [2.45, 2.75) is 52.0 Å². The highest BCUT2D eigenvalue weighted by molar-refractivity contribution is 9.10. The average molecular weight is 572 g/mol. The molecule has 3 aromatic rings. The molecule has 8 heteroatoms. The number of fused-ring (bicyclic) bond motifs is 2. The molecule has 1 unspecified atom stereocenters. The smallest absolute Gasteiger partial charge is 0.290 e. The fourth-order valence-electron chi connectivity index (χ4n) is 5.02. The molecule has 1 aliphatic rings. The number of halogens is 1. The normalized spacial score (nSPS) is 15.1. The predicted octanol–water partition coefficient (Wildman–Crippen LogP) is 6.11. The second-order valence-electron chi connectivity index (χ2n) is 9.53. The zero-order chi connectivity index (χ0) is 26.5. The third kappa shape index (κ3) is 5.55. The van der Waals surface area contributed by atoms with E-state index in [1.165, 1.54) is 7.11 Å². The first-order valence-corrected chi connectivity index (χ1v) is 13.9. The van der Waals surface area contributed by atoms with E-state index in [1.807, 2.05) is 0 Å². The Labute approximate surface area is 226 Å². The Kier molecular flexibility index (Phi) is 8.92. The Morgan fingerprint density at radius 2 is 1.73 bits per heavy atom. The second-order valence-corrected chi connectivity index (χ2v) is 10.4. The maximum absolute atomic E-state index is 13.7. The first kappa shape index (κ1) is 27.2. The van der Waals surface area contributed by atoms with Gasteiger partial charge in [0, 0.05) is 6.54 Å². The molecule has 1 amide bonds. The minimum absolute atomic E-state index is 0.0321. The van der Waals surface area contributed by atoms with E-state index in [0.29, 0.717) is 33.1 Å². The zero-order valence-corrected chi connectivity index (χ0v) is 23.3. The van der Waals surface area contributed by atoms with Gasteiger partial charge in [-0.3, -0.25) is 9.59 Å². The van der Waals surface area contributed by atoms with Crippen LogP contribution in [0.5, 0.6) is 11.5 Å². The highest BCUT2D eigenvalue weighted by Crippen LogP contribution is 2.43. The molecule has 0 spiro atoms. The lowest BCUT2D eigenvalue weighted by Crippen LogP contribution is -2.34. The Hall–Kier alpha value is -2.84. The molecule has 1 aromatic heterocycles. The number of amides is 1. The standard InChI is InChI=1S/C29H35BrN2O5/c1-4-6-13-31(14-7-5-2)15-10-16-32-25(19-17-21(30)27(34)23(18-19)36-3)24-26(33)20-11-8-9-12-22(20)37-28(24)29(32)35/h8-9,11-12,17-18,25,34H,4-7,10,13-16H2,1-3H3. The molecule has 0 aliphatic carbocycles. The summed E-state index contributed by atoms with van der Waals surface area (Å²) in [5.41, 5.74) is 1.19. The van der Waals surface area contributed by atoms with Crippen LogP contribution < -0.4 is 10.2 Å². The molecule has 198 valence electrons. The number of rotatable bonds is 12. The number of ether oxygens (including phenoxy) is 1. The molecule has 0 saturated heterocycles. The van der Waals surface area contributed by atoms with Gasteiger partial charge in [0.25, 0.3) is 5.91 Å². The van der Waals surface area contributed by atoms with Crippen molar-refractivity contribution in [3.05, 3.63) is 68.0 Å². The zero-order valence-electron chi connectivity index (χ0n) is 21.8. The SMILES string of the molecule is CCCCN(CCCC)CCCN1C(=O)c2oc3ccccc3c(=O)c2C1c1cc(Br)c(O)c(OC)c1. The van der Waals surface area contributed by atoms with Crippen LogP contribution >= 0.6 is 15.9 Å². The van der Waals surface area contributed by atoms with Gasteiger partial charge >= 0.3 is 0 Å². The van der Waals surface area contributed by atoms with Gasteiger partial charge in [0.05, 0.1) is 28.6 Å². The minimum atomic E-state index is -0.645. The van der Waals surface area contributed by atoms with E-state index in [9.17, 15) is 14.7 Å². The summed E-state index contributed by atoms with van der Waals surface area (Å²) in [5.74, 6) is 0.0291. The number of hydrogen-bond donors (Lipinski definition) is 1. The average Bonchev–Trinajstić information content (AvgIpc) is 3.18. The Morgan fingerprint density at radius 1 is 1.05 bits per heavy atom. The number of methoxy groups -OCH3 is 1. The number of nitrogens with zero attached hydrogens (tertiary/aromatic N) is 2. The fraction of sp³-hybridized carbons (Fsp3) is 0.448. The van der Waals surface area contributed by atoms with Crippen LogP contribution in [0.2, 0.25) is 0 Å². The van der Waals surface area contributed by atoms with Gasteiger partial charge in [-0.05, 0) is 84.7 Å². The van der Waals surface area contributed by atoms with Gasteiger partial charge in [0.2, 0.25) is 5.76 Å². The number of para-hydroxylation sites is 1. The molecule has 1 atom stereocenters. The molecule has 4 rings (SSSR count). The van der Waals surface area contributed by atoms with Gasteiger partial charge in [-0.15, -0.1) is 0 Å². The molecule has 0 bridgehead atoms. The van der Waals surface area contributed by atoms with Crippen LogP contribution in [0, 0.1) is 0 Å². The lowest BCUT2D eigenvalue weighted by atomic mass is 9.98. The number of phenolic OH excluding ortho intramolecular Hbond substituents is 1. The molecule has 1 aliphatic heterocycles. The summed E-state index contributed by atoms with van der Waals surface area (Å²) in [6, 6.07) is 9.78. The van der Waals surface area contributed by atoms with E-state index in [-0.39, 0.29) is 28.6 Å². The first-order chi connectivity index (χ1) is 17.9. The molecule has 2 aromatic carbocycles. The topological polar surface area (TPSA) is 83.2 Å². The summed E-state index contributed by atoms with van der Waals surface area (Å²) in [7, 11) is 1.47. The van der Waals surface area contributed by atoms with E-state index in [4.69, 9.17) is 9.15 Å². The Balaban J connectivity index is 1.72. The van der Waals surface area contributed by atoms with Crippen LogP contribution in [0.15, 0.2) is 50.1 Å². The third-order valence-corrected chi connectivity index (χ3v) is 7.59. The van der Waals surface area contributed by atoms with Gasteiger partial charge < -0.3 is 24.1 Å². The second kappa shape index (κ2) is 12.1. The summed E-state index contributed by atoms with van der Waals surface area (Å²) in [5, 5.41) is 10.8. The van der Waals surface area contributed by atoms with E-state index in [0.717, 1.165) is 51.7 Å². The predicted molar refractivity (Wildman–Crippen MR) is 149 cm³/mol. The van der Waals surface area contributed by atoms with E-state index in [1.54, 1.807) is 41.3 Å². The molecular formula is C29H35BrN2O5. The van der Waals surface area contributed by atoms with Crippen molar-refractivity contribution in [1.82, 2.24) is 9.80 Å². The van der Waals surface area contributed by atoms with Gasteiger partial charge in [0.1, 0.15) is 5.58 Å². The largest absolute Gasteiger partial charge is 0.503 e. The summed E-state index contributed by atoms with van der Waals surface area (Å²) < 4.78 is 11.8. The summed E-state index contributed by atoms with van der Waals surface area (Å²) in [4.78, 5) is 31.6. The van der Waals surface area contributed by atoms with Gasteiger partial charge in [-0.25, -0.2) is 0 Å². The Bertz CT molecular complexity index is 1310. The van der Waals surface area contributed by atoms with Crippen molar-refractivity contribution in [2.75, 3.05) is 33.3 Å². The third-order valence-electron chi connectivity index (χ3n) is 6.99. The quantitative estimate of drug-likeness (QED) is 0.283. The van der Waals surface area contributed by atoms with Crippen molar-refractivity contribution in [3.63, 3.8) is 0 Å². The van der Waals surface area contributed by atoms with Gasteiger partial charge in [-0.1, -0.05) is 38.8 Å². The number of benzene rings is 2. The highest BCUT2D eigenvalue weighted by atomic mass is 79.9. The summed E-state index contributed by atoms with van der Waals surface area (Å²) in [6.45, 7) is 7.82. The molecule has 37 heavy (non-hydrogen) atoms. The van der Waals surface area contributed by atoms with Crippen LogP contribution in [0.4, 0.5) is 0 Å². The monoisotopic (exact) mass is 570 g/mol. The van der Waals surface area contributed by atoms with Crippen molar-refractivity contribution in [2.24, 2.45) is 0 Å². The summed E-state index contributed by atoms with van der Waals surface area (Å²) in [6.07, 6.45) is 5.35. The van der Waals surface area contributed by atoms with Crippen LogP contribution in [0.1, 0.15) is 73.7 Å². The van der Waals surface area contributed by atoms with Crippen molar-refractivity contribution in [1.29, 1.82) is 0 Å². The number of carbonyl (C=O) groups excluding carboxylic acids is 1. The highest BCUT2D eigenvalue weighted by Gasteiger charge is 2.43. The first-order valence-electron chi connectivity index (χ1n) is 13.1. The summed E-state index contributed by atoms with van der Waals surface area (Å²) >= 11 is 3.40. The van der Waals surface area contributed by atoms with E-state index < -0.39 is 6.04 Å². The molecule has 0 fully saturated rings. The van der Waals surface area contributed by atoms with Gasteiger partial charge in [0.15, 0.2) is 16.9 Å². The molecule has 7 nitrogen and oxygen atoms in total. The minimum Gasteiger partial charge on any atom is -0.503 e. The van der Waals surface area contributed by atoms with Crippen molar-refractivity contribution < 1.29 is 19.1 Å². The fourth-order valence-corrected chi connectivity index (χ4v) is 5.47. The van der Waals surface area contributed by atoms with Crippen LogP contribution in [-0.2, 0) is 0 Å². The number of aromatic hydroxyl groups is 1. The van der Waals surface area contributed by atoms with Crippen molar-refractivity contribution >= 4 is 32.8 Å². The van der Waals surface area contributed by atoms with Crippen molar-refractivity contribution in [3.8, 4) is 11.5 Å². The van der Waals surface area contributed by atoms with Crippen LogP contribution in [0.25, 0.3) is 11.0 Å². The molecule has 0 saturated carbocycles. The number of unbranched alkanes of at least 4 members (excludes halogenated alkanes) is 2. The van der Waals surface area contributed by atoms with E-state index in [2.05, 4.69) is 34.7 Å². The molecular weight excluding hydrogens is 536 g/mol. The maximum Gasteiger partial charge on any atom is 0.290 e. The Morgan fingerprint density at radius 3 is 2.41 bits per heavy atom. The lowest BCUT2D eigenvalue weighted by Gasteiger charge is -2.28. The number of phenols is 1. The van der Waals surface area contributed by atoms with Crippen LogP contribution in [0.3, 0.4) is 0 Å². The number of hydrogen-bond acceptors (Lipinski definition) is 6. The maximum atomic E-state index is 13.7. The molecule has 0 radical (unpaired) electrons. The molecule has 1 N–H and O–H groups in total. The van der Waals surface area contributed by atoms with Crippen LogP contribution in [-0.4, -0.2) is 54.1 Å². The number of carbonyl (C=O) groups is 1. The molecule has 2 heterocycles.